The fraction of sp³-hybridized carbons (Fsp3) is 0.133. The average molecular weight is 646 g/mol. The van der Waals surface area contributed by atoms with Gasteiger partial charge in [0.2, 0.25) is 5.91 Å². The number of amides is 1. The van der Waals surface area contributed by atoms with Crippen LogP contribution in [0.5, 0.6) is 5.75 Å². The fourth-order valence-corrected chi connectivity index (χ4v) is 5.24. The van der Waals surface area contributed by atoms with Crippen LogP contribution in [0.25, 0.3) is 55.8 Å². The van der Waals surface area contributed by atoms with Gasteiger partial charge < -0.3 is 15.0 Å². The molecule has 4 aromatic heterocycles. The number of carbonyl (C=O) groups excluding carboxylic acids is 1. The second-order valence-electron chi connectivity index (χ2n) is 9.72. The first-order valence-electron chi connectivity index (χ1n) is 12.6. The van der Waals surface area contributed by atoms with E-state index >= 15 is 0 Å². The van der Waals surface area contributed by atoms with Crippen LogP contribution in [0.4, 0.5) is 10.1 Å². The molecule has 0 atom stereocenters. The van der Waals surface area contributed by atoms with Gasteiger partial charge in [-0.05, 0) is 77.2 Å². The highest BCUT2D eigenvalue weighted by atomic mass is 127. The Balaban J connectivity index is 1.43. The highest BCUT2D eigenvalue weighted by molar-refractivity contribution is 14.1. The van der Waals surface area contributed by atoms with E-state index in [9.17, 15) is 9.18 Å². The Labute approximate surface area is 242 Å². The molecule has 1 amide bonds. The Hall–Kier alpha value is -4.32. The zero-order valence-electron chi connectivity index (χ0n) is 21.8. The van der Waals surface area contributed by atoms with Crippen molar-refractivity contribution in [1.82, 2.24) is 25.1 Å². The molecule has 0 saturated carbocycles. The Morgan fingerprint density at radius 1 is 1.00 bits per heavy atom. The second-order valence-corrected chi connectivity index (χ2v) is 11.0. The molecule has 2 aromatic carbocycles. The van der Waals surface area contributed by atoms with Crippen molar-refractivity contribution in [2.75, 3.05) is 12.4 Å². The number of anilines is 1. The summed E-state index contributed by atoms with van der Waals surface area (Å²) in [4.78, 5) is 25.2. The van der Waals surface area contributed by atoms with Gasteiger partial charge >= 0.3 is 0 Å². The number of methoxy groups -OCH3 is 1. The van der Waals surface area contributed by atoms with Crippen LogP contribution in [0.2, 0.25) is 0 Å². The number of aromatic nitrogens is 5. The van der Waals surface area contributed by atoms with Gasteiger partial charge in [-0.1, -0.05) is 13.8 Å². The summed E-state index contributed by atoms with van der Waals surface area (Å²) in [7, 11) is 1.50. The van der Waals surface area contributed by atoms with E-state index in [1.807, 2.05) is 56.3 Å². The van der Waals surface area contributed by atoms with Gasteiger partial charge in [0.25, 0.3) is 0 Å². The molecule has 0 unspecified atom stereocenters. The number of benzene rings is 2. The molecule has 10 heteroatoms. The highest BCUT2D eigenvalue weighted by Gasteiger charge is 2.17. The van der Waals surface area contributed by atoms with Crippen LogP contribution >= 0.6 is 22.6 Å². The van der Waals surface area contributed by atoms with Crippen LogP contribution in [0.15, 0.2) is 66.9 Å². The maximum absolute atomic E-state index is 14.3. The maximum Gasteiger partial charge on any atom is 0.226 e. The maximum atomic E-state index is 14.3. The number of aromatic amines is 2. The first-order chi connectivity index (χ1) is 19.3. The molecule has 0 fully saturated rings. The predicted molar refractivity (Wildman–Crippen MR) is 163 cm³/mol. The number of nitrogens with zero attached hydrogens (tertiary/aromatic N) is 3. The minimum Gasteiger partial charge on any atom is -0.497 e. The lowest BCUT2D eigenvalue weighted by molar-refractivity contribution is -0.118. The topological polar surface area (TPSA) is 109 Å². The van der Waals surface area contributed by atoms with E-state index in [0.717, 1.165) is 42.6 Å². The van der Waals surface area contributed by atoms with E-state index in [1.54, 1.807) is 12.3 Å². The lowest BCUT2D eigenvalue weighted by Gasteiger charge is -2.10. The molecule has 8 nitrogen and oxygen atoms in total. The number of hydrogen-bond acceptors (Lipinski definition) is 5. The predicted octanol–water partition coefficient (Wildman–Crippen LogP) is 7.18. The molecule has 6 aromatic rings. The monoisotopic (exact) mass is 646 g/mol. The first kappa shape index (κ1) is 25.9. The number of ether oxygens (including phenoxy) is 1. The SMILES string of the molecule is COc1cc(F)cc(-c2nccc3[nH]c(-c4n[nH]c5ccc(-c6cc(I)cc(NC(=O)C(C)C)c6)nc45)cc23)c1. The Kier molecular flexibility index (Phi) is 6.70. The molecule has 0 radical (unpaired) electrons. The van der Waals surface area contributed by atoms with Crippen LogP contribution in [-0.2, 0) is 4.79 Å². The van der Waals surface area contributed by atoms with Gasteiger partial charge in [0.05, 0.1) is 29.7 Å². The number of carbonyl (C=O) groups is 1. The molecular formula is C30H24FIN6O2. The lowest BCUT2D eigenvalue weighted by Crippen LogP contribution is -2.17. The van der Waals surface area contributed by atoms with Crippen molar-refractivity contribution in [1.29, 1.82) is 0 Å². The van der Waals surface area contributed by atoms with Crippen LogP contribution in [0.3, 0.4) is 0 Å². The third-order valence-electron chi connectivity index (χ3n) is 6.58. The van der Waals surface area contributed by atoms with Gasteiger partial charge in [0.1, 0.15) is 22.8 Å². The summed E-state index contributed by atoms with van der Waals surface area (Å²) >= 11 is 2.24. The molecule has 200 valence electrons. The number of H-pyrrole nitrogens is 2. The van der Waals surface area contributed by atoms with Crippen LogP contribution in [0.1, 0.15) is 13.8 Å². The van der Waals surface area contributed by atoms with E-state index in [2.05, 4.69) is 48.1 Å². The molecule has 3 N–H and O–H groups in total. The third-order valence-corrected chi connectivity index (χ3v) is 7.20. The number of hydrogen-bond donors (Lipinski definition) is 3. The van der Waals surface area contributed by atoms with Gasteiger partial charge in [0.15, 0.2) is 0 Å². The number of nitrogens with one attached hydrogen (secondary N) is 3. The summed E-state index contributed by atoms with van der Waals surface area (Å²) in [6.07, 6.45) is 1.68. The third kappa shape index (κ3) is 4.90. The average Bonchev–Trinajstić information content (AvgIpc) is 3.55. The van der Waals surface area contributed by atoms with Gasteiger partial charge in [-0.3, -0.25) is 14.9 Å². The van der Waals surface area contributed by atoms with Gasteiger partial charge in [-0.2, -0.15) is 5.10 Å². The van der Waals surface area contributed by atoms with Gasteiger partial charge in [-0.15, -0.1) is 0 Å². The summed E-state index contributed by atoms with van der Waals surface area (Å²) in [6, 6.07) is 18.1. The summed E-state index contributed by atoms with van der Waals surface area (Å²) in [5.74, 6) is -0.152. The lowest BCUT2D eigenvalue weighted by atomic mass is 10.1. The summed E-state index contributed by atoms with van der Waals surface area (Å²) in [5.41, 5.74) is 7.29. The number of pyridine rings is 2. The van der Waals surface area contributed by atoms with Crippen molar-refractivity contribution in [2.45, 2.75) is 13.8 Å². The molecule has 0 aliphatic carbocycles. The van der Waals surface area contributed by atoms with E-state index in [1.165, 1.54) is 19.2 Å². The largest absolute Gasteiger partial charge is 0.497 e. The zero-order chi connectivity index (χ0) is 28.0. The molecule has 0 aliphatic rings. The molecule has 4 heterocycles. The highest BCUT2D eigenvalue weighted by Crippen LogP contribution is 2.35. The Bertz CT molecular complexity index is 1910. The van der Waals surface area contributed by atoms with Crippen LogP contribution in [0, 0.1) is 15.3 Å². The Morgan fingerprint density at radius 3 is 2.65 bits per heavy atom. The quantitative estimate of drug-likeness (QED) is 0.166. The molecular weight excluding hydrogens is 622 g/mol. The van der Waals surface area contributed by atoms with E-state index in [4.69, 9.17) is 9.72 Å². The molecule has 0 saturated heterocycles. The Morgan fingerprint density at radius 2 is 1.85 bits per heavy atom. The first-order valence-corrected chi connectivity index (χ1v) is 13.7. The minimum atomic E-state index is -0.401. The zero-order valence-corrected chi connectivity index (χ0v) is 24.0. The summed E-state index contributed by atoms with van der Waals surface area (Å²) < 4.78 is 20.5. The second kappa shape index (κ2) is 10.3. The molecule has 6 rings (SSSR count). The summed E-state index contributed by atoms with van der Waals surface area (Å²) in [5, 5.41) is 11.4. The number of halogens is 2. The molecule has 0 aliphatic heterocycles. The van der Waals surface area contributed by atoms with E-state index in [-0.39, 0.29) is 11.8 Å². The van der Waals surface area contributed by atoms with Crippen molar-refractivity contribution in [3.05, 3.63) is 76.2 Å². The molecule has 40 heavy (non-hydrogen) atoms. The van der Waals surface area contributed by atoms with Crippen molar-refractivity contribution in [3.8, 4) is 39.7 Å². The normalized spacial score (nSPS) is 11.4. The van der Waals surface area contributed by atoms with Crippen molar-refractivity contribution in [3.63, 3.8) is 0 Å². The van der Waals surface area contributed by atoms with Gasteiger partial charge in [0, 0.05) is 49.5 Å². The fourth-order valence-electron chi connectivity index (χ4n) is 4.57. The summed E-state index contributed by atoms with van der Waals surface area (Å²) in [6.45, 7) is 3.72. The smallest absolute Gasteiger partial charge is 0.226 e. The molecule has 0 bridgehead atoms. The number of fused-ring (bicyclic) bond motifs is 2. The standard InChI is InChI=1S/C30H24FIN6O2/c1-15(2)30(39)34-20-10-16(9-19(32)13-20)23-4-5-25-28(36-23)29(38-37-25)26-14-22-24(35-26)6-7-33-27(22)17-8-18(31)12-21(11-17)40-3/h4-15,35H,1-3H3,(H,34,39)(H,37,38). The van der Waals surface area contributed by atoms with E-state index < -0.39 is 5.82 Å². The minimum absolute atomic E-state index is 0.0437. The van der Waals surface area contributed by atoms with Crippen molar-refractivity contribution >= 4 is 56.1 Å². The van der Waals surface area contributed by atoms with E-state index in [0.29, 0.717) is 28.2 Å². The van der Waals surface area contributed by atoms with Crippen LogP contribution < -0.4 is 10.1 Å². The van der Waals surface area contributed by atoms with Crippen LogP contribution in [-0.4, -0.2) is 38.2 Å². The van der Waals surface area contributed by atoms with Crippen molar-refractivity contribution in [2.24, 2.45) is 5.92 Å². The molecule has 0 spiro atoms. The van der Waals surface area contributed by atoms with Crippen molar-refractivity contribution < 1.29 is 13.9 Å². The van der Waals surface area contributed by atoms with Gasteiger partial charge in [-0.25, -0.2) is 9.37 Å². The number of rotatable bonds is 6.